The molecule has 1 rings (SSSR count). The predicted molar refractivity (Wildman–Crippen MR) is 69.7 cm³/mol. The summed E-state index contributed by atoms with van der Waals surface area (Å²) < 4.78 is 13.4. The Kier molecular flexibility index (Phi) is 5.73. The number of nitrogens with zero attached hydrogens (tertiary/aromatic N) is 1. The number of hydrogen-bond acceptors (Lipinski definition) is 4. The van der Waals surface area contributed by atoms with Crippen LogP contribution in [0.25, 0.3) is 0 Å². The third-order valence-electron chi connectivity index (χ3n) is 2.34. The Hall–Kier alpha value is -1.47. The molecule has 0 saturated heterocycles. The predicted octanol–water partition coefficient (Wildman–Crippen LogP) is 0.984. The van der Waals surface area contributed by atoms with Crippen molar-refractivity contribution in [1.82, 2.24) is 0 Å². The molecular weight excluding hydrogens is 257 g/mol. The van der Waals surface area contributed by atoms with Gasteiger partial charge in [0.1, 0.15) is 18.0 Å². The average Bonchev–Trinajstić information content (AvgIpc) is 2.86. The largest absolute Gasteiger partial charge is 0.480 e. The van der Waals surface area contributed by atoms with Crippen molar-refractivity contribution in [3.8, 4) is 0 Å². The molecule has 1 aromatic heterocycles. The normalized spacial score (nSPS) is 15.3. The standard InChI is InChI=1S/C11H16FN3O2S/c12-7(3-4-8(13)11(16)17)6-15-10(14)9-2-1-5-18-9/h1-2,5,7-8H,3-4,6,13H2,(H2,14,15)(H,16,17). The molecule has 5 N–H and O–H groups in total. The molecule has 1 aromatic rings. The van der Waals surface area contributed by atoms with E-state index in [4.69, 9.17) is 16.6 Å². The summed E-state index contributed by atoms with van der Waals surface area (Å²) in [6, 6.07) is 2.61. The van der Waals surface area contributed by atoms with Gasteiger partial charge >= 0.3 is 5.97 Å². The first-order chi connectivity index (χ1) is 8.50. The van der Waals surface area contributed by atoms with E-state index < -0.39 is 18.2 Å². The smallest absolute Gasteiger partial charge is 0.320 e. The lowest BCUT2D eigenvalue weighted by Crippen LogP contribution is -2.31. The number of carbonyl (C=O) groups is 1. The second-order valence-corrected chi connectivity index (χ2v) is 4.77. The molecule has 0 aliphatic rings. The summed E-state index contributed by atoms with van der Waals surface area (Å²) in [5.41, 5.74) is 10.9. The number of amidine groups is 1. The zero-order chi connectivity index (χ0) is 13.5. The summed E-state index contributed by atoms with van der Waals surface area (Å²) in [7, 11) is 0. The third-order valence-corrected chi connectivity index (χ3v) is 3.23. The molecule has 18 heavy (non-hydrogen) atoms. The maximum atomic E-state index is 13.4. The van der Waals surface area contributed by atoms with Crippen molar-refractivity contribution in [3.63, 3.8) is 0 Å². The number of carboxylic acids is 1. The maximum Gasteiger partial charge on any atom is 0.320 e. The van der Waals surface area contributed by atoms with E-state index in [-0.39, 0.29) is 19.4 Å². The van der Waals surface area contributed by atoms with E-state index in [2.05, 4.69) is 4.99 Å². The van der Waals surface area contributed by atoms with Crippen molar-refractivity contribution in [1.29, 1.82) is 0 Å². The third kappa shape index (κ3) is 4.80. The van der Waals surface area contributed by atoms with Crippen LogP contribution in [0.2, 0.25) is 0 Å². The van der Waals surface area contributed by atoms with E-state index in [0.29, 0.717) is 5.84 Å². The summed E-state index contributed by atoms with van der Waals surface area (Å²) in [4.78, 5) is 15.2. The Bertz CT molecular complexity index is 408. The molecule has 0 spiro atoms. The Balaban J connectivity index is 2.35. The van der Waals surface area contributed by atoms with Gasteiger partial charge in [-0.1, -0.05) is 6.07 Å². The lowest BCUT2D eigenvalue weighted by atomic mass is 10.1. The summed E-state index contributed by atoms with van der Waals surface area (Å²) in [6.07, 6.45) is -1.08. The molecule has 2 unspecified atom stereocenters. The quantitative estimate of drug-likeness (QED) is 0.509. The minimum atomic E-state index is -1.23. The number of alkyl halides is 1. The maximum absolute atomic E-state index is 13.4. The van der Waals surface area contributed by atoms with Gasteiger partial charge in [-0.25, -0.2) is 4.39 Å². The van der Waals surface area contributed by atoms with Gasteiger partial charge in [-0.2, -0.15) is 0 Å². The number of thiophene rings is 1. The van der Waals surface area contributed by atoms with Gasteiger partial charge in [-0.15, -0.1) is 11.3 Å². The van der Waals surface area contributed by atoms with E-state index in [1.807, 2.05) is 11.4 Å². The summed E-state index contributed by atoms with van der Waals surface area (Å²) >= 11 is 1.43. The molecule has 0 radical (unpaired) electrons. The van der Waals surface area contributed by atoms with E-state index in [1.165, 1.54) is 11.3 Å². The minimum Gasteiger partial charge on any atom is -0.480 e. The first-order valence-electron chi connectivity index (χ1n) is 5.47. The number of carboxylic acid groups (broad SMARTS) is 1. The van der Waals surface area contributed by atoms with Crippen LogP contribution in [0.1, 0.15) is 17.7 Å². The van der Waals surface area contributed by atoms with Gasteiger partial charge in [0, 0.05) is 0 Å². The Morgan fingerprint density at radius 3 is 2.83 bits per heavy atom. The highest BCUT2D eigenvalue weighted by atomic mass is 32.1. The van der Waals surface area contributed by atoms with Crippen LogP contribution in [0.4, 0.5) is 4.39 Å². The van der Waals surface area contributed by atoms with Crippen LogP contribution in [-0.2, 0) is 4.79 Å². The van der Waals surface area contributed by atoms with Crippen molar-refractivity contribution in [2.24, 2.45) is 16.5 Å². The molecular formula is C11H16FN3O2S. The van der Waals surface area contributed by atoms with Gasteiger partial charge < -0.3 is 16.6 Å². The Morgan fingerprint density at radius 2 is 2.28 bits per heavy atom. The molecule has 0 amide bonds. The molecule has 0 fully saturated rings. The molecule has 2 atom stereocenters. The van der Waals surface area contributed by atoms with Gasteiger partial charge in [-0.3, -0.25) is 9.79 Å². The van der Waals surface area contributed by atoms with Crippen molar-refractivity contribution in [2.45, 2.75) is 25.1 Å². The fraction of sp³-hybridized carbons (Fsp3) is 0.455. The van der Waals surface area contributed by atoms with Crippen LogP contribution in [0.3, 0.4) is 0 Å². The monoisotopic (exact) mass is 273 g/mol. The van der Waals surface area contributed by atoms with Crippen LogP contribution in [-0.4, -0.2) is 35.7 Å². The second-order valence-electron chi connectivity index (χ2n) is 3.82. The fourth-order valence-corrected chi connectivity index (χ4v) is 1.92. The van der Waals surface area contributed by atoms with Gasteiger partial charge in [0.05, 0.1) is 11.4 Å². The number of rotatable bonds is 7. The molecule has 7 heteroatoms. The highest BCUT2D eigenvalue weighted by Crippen LogP contribution is 2.09. The zero-order valence-corrected chi connectivity index (χ0v) is 10.6. The van der Waals surface area contributed by atoms with Crippen LogP contribution in [0.5, 0.6) is 0 Å². The van der Waals surface area contributed by atoms with Crippen LogP contribution in [0.15, 0.2) is 22.5 Å². The Morgan fingerprint density at radius 1 is 1.56 bits per heavy atom. The molecule has 0 aromatic carbocycles. The van der Waals surface area contributed by atoms with Crippen molar-refractivity contribution in [3.05, 3.63) is 22.4 Å². The first kappa shape index (κ1) is 14.6. The SMILES string of the molecule is NC(=NCC(F)CCC(N)C(=O)O)c1cccs1. The summed E-state index contributed by atoms with van der Waals surface area (Å²) in [6.45, 7) is -0.0733. The van der Waals surface area contributed by atoms with Gasteiger partial charge in [0.2, 0.25) is 0 Å². The number of halogens is 1. The van der Waals surface area contributed by atoms with Crippen molar-refractivity contribution < 1.29 is 14.3 Å². The number of hydrogen-bond donors (Lipinski definition) is 3. The minimum absolute atomic E-state index is 0.0642. The molecule has 1 heterocycles. The highest BCUT2D eigenvalue weighted by molar-refractivity contribution is 7.12. The number of aliphatic imine (C=N–C) groups is 1. The van der Waals surface area contributed by atoms with Crippen LogP contribution < -0.4 is 11.5 Å². The van der Waals surface area contributed by atoms with Crippen molar-refractivity contribution in [2.75, 3.05) is 6.54 Å². The topological polar surface area (TPSA) is 102 Å². The Labute approximate surface area is 108 Å². The van der Waals surface area contributed by atoms with Crippen molar-refractivity contribution >= 4 is 23.1 Å². The zero-order valence-electron chi connectivity index (χ0n) is 9.75. The molecule has 0 saturated carbocycles. The lowest BCUT2D eigenvalue weighted by Gasteiger charge is -2.08. The van der Waals surface area contributed by atoms with Crippen LogP contribution in [0, 0.1) is 0 Å². The number of nitrogens with two attached hydrogens (primary N) is 2. The molecule has 0 bridgehead atoms. The highest BCUT2D eigenvalue weighted by Gasteiger charge is 2.14. The fourth-order valence-electron chi connectivity index (χ4n) is 1.27. The molecule has 100 valence electrons. The molecule has 0 aliphatic carbocycles. The number of aliphatic carboxylic acids is 1. The second kappa shape index (κ2) is 7.07. The summed E-state index contributed by atoms with van der Waals surface area (Å²) in [5.74, 6) is -0.820. The van der Waals surface area contributed by atoms with E-state index in [1.54, 1.807) is 6.07 Å². The molecule has 5 nitrogen and oxygen atoms in total. The first-order valence-corrected chi connectivity index (χ1v) is 6.35. The van der Waals surface area contributed by atoms with Gasteiger partial charge in [-0.05, 0) is 24.3 Å². The lowest BCUT2D eigenvalue weighted by molar-refractivity contribution is -0.138. The summed E-state index contributed by atoms with van der Waals surface area (Å²) in [5, 5.41) is 10.4. The average molecular weight is 273 g/mol. The van der Waals surface area contributed by atoms with E-state index in [9.17, 15) is 9.18 Å². The molecule has 0 aliphatic heterocycles. The van der Waals surface area contributed by atoms with E-state index >= 15 is 0 Å². The van der Waals surface area contributed by atoms with E-state index in [0.717, 1.165) is 4.88 Å². The van der Waals surface area contributed by atoms with Gasteiger partial charge in [0.25, 0.3) is 0 Å². The van der Waals surface area contributed by atoms with Crippen LogP contribution >= 0.6 is 11.3 Å². The van der Waals surface area contributed by atoms with Gasteiger partial charge in [0.15, 0.2) is 0 Å².